The molecule has 0 unspecified atom stereocenters. The summed E-state index contributed by atoms with van der Waals surface area (Å²) >= 11 is 0. The molecule has 27 rings (SSSR count). The quantitative estimate of drug-likeness (QED) is 0.142. The van der Waals surface area contributed by atoms with Crippen molar-refractivity contribution in [1.29, 1.82) is 0 Å². The van der Waals surface area contributed by atoms with E-state index in [0.29, 0.717) is 0 Å². The molecule has 0 saturated heterocycles. The van der Waals surface area contributed by atoms with Gasteiger partial charge in [0.05, 0.1) is 0 Å². The van der Waals surface area contributed by atoms with Crippen LogP contribution < -0.4 is 0 Å². The summed E-state index contributed by atoms with van der Waals surface area (Å²) in [5, 5.41) is 31.5. The second-order valence-corrected chi connectivity index (χ2v) is 35.9. The van der Waals surface area contributed by atoms with Crippen molar-refractivity contribution < 1.29 is 13.3 Å². The van der Waals surface area contributed by atoms with Gasteiger partial charge in [0.2, 0.25) is 0 Å². The maximum absolute atomic E-state index is 6.52. The number of benzene rings is 24. The first-order valence-electron chi connectivity index (χ1n) is 45.3. The van der Waals surface area contributed by atoms with Crippen molar-refractivity contribution in [2.45, 2.75) is 26.2 Å². The van der Waals surface area contributed by atoms with E-state index in [9.17, 15) is 0 Å². The molecule has 0 N–H and O–H groups in total. The zero-order valence-electron chi connectivity index (χ0n) is 72.5. The van der Waals surface area contributed by atoms with Gasteiger partial charge in [0, 0.05) is 48.5 Å². The van der Waals surface area contributed by atoms with Crippen LogP contribution in [0.5, 0.6) is 0 Å². The van der Waals surface area contributed by atoms with Gasteiger partial charge in [-0.3, -0.25) is 0 Å². The van der Waals surface area contributed by atoms with Gasteiger partial charge in [-0.05, 0) is 270 Å². The zero-order valence-corrected chi connectivity index (χ0v) is 72.5. The van der Waals surface area contributed by atoms with E-state index in [0.717, 1.165) is 82.0 Å². The van der Waals surface area contributed by atoms with Crippen molar-refractivity contribution in [3.05, 3.63) is 461 Å². The molecule has 614 valence electrons. The highest BCUT2D eigenvalue weighted by molar-refractivity contribution is 6.28. The number of rotatable bonds is 8. The van der Waals surface area contributed by atoms with E-state index in [1.165, 1.54) is 186 Å². The fraction of sp³-hybridized carbons (Fsp3) is 0.0312. The van der Waals surface area contributed by atoms with Crippen molar-refractivity contribution in [1.82, 2.24) is 0 Å². The van der Waals surface area contributed by atoms with Gasteiger partial charge in [-0.1, -0.05) is 397 Å². The Morgan fingerprint density at radius 3 is 0.748 bits per heavy atom. The highest BCUT2D eigenvalue weighted by atomic mass is 16.3. The minimum Gasteiger partial charge on any atom is -0.455 e. The number of hydrogen-bond donors (Lipinski definition) is 0. The monoisotopic (exact) mass is 1670 g/mol. The first kappa shape index (κ1) is 76.7. The van der Waals surface area contributed by atoms with Crippen LogP contribution in [0.3, 0.4) is 0 Å². The molecular weight excluding hydrogens is 1590 g/mol. The molecule has 3 nitrogen and oxygen atoms in total. The minimum atomic E-state index is 0.0375. The fourth-order valence-corrected chi connectivity index (χ4v) is 21.0. The molecule has 0 saturated carbocycles. The average molecular weight is 1670 g/mol. The third kappa shape index (κ3) is 13.0. The standard InChI is InChI=1S/C46H28O.C42H26O.C40H30O/c1-2-12-31(13-3-1)44-37-16-8-9-17-38(37)45(42-27-34(21-23-39(42)44)33-19-18-29-10-4-5-14-32(29)26-33)35-22-25-43-41(28-35)40-24-20-30-11-6-7-15-36(30)46(40)47-43;1-3-11-27(12-4-1)30-20-22-35-38(25-30)40(29-14-5-2-6-15-29)33-17-9-10-18-34(33)41(35)31-21-24-39-37(26-31)36-23-19-28-13-7-8-16-32(28)42(36)43-39;1-40(2,3)28-19-21-32-35(24-28)38(31-16-10-9-15-30(31)37(32)26-12-5-4-6-13-26)27-18-22-36-34(23-27)33-20-17-25-11-7-8-14-29(25)39(33)41-36/h1-28H;1-26H;4-24H,1-3H3. The number of fused-ring (bicyclic) bond motifs is 22. The molecule has 3 aromatic heterocycles. The lowest BCUT2D eigenvalue weighted by Gasteiger charge is -2.23. The van der Waals surface area contributed by atoms with Crippen LogP contribution in [-0.2, 0) is 5.41 Å². The lowest BCUT2D eigenvalue weighted by molar-refractivity contribution is 0.591. The van der Waals surface area contributed by atoms with Crippen molar-refractivity contribution in [3.8, 4) is 89.0 Å². The van der Waals surface area contributed by atoms with Crippen LogP contribution in [0, 0.1) is 0 Å². The Bertz CT molecular complexity index is 9310. The highest BCUT2D eigenvalue weighted by Crippen LogP contribution is 2.52. The topological polar surface area (TPSA) is 39.4 Å². The SMILES string of the molecule is CC(C)(C)c1ccc2c(-c3ccccc3)c3ccccc3c(-c3ccc4oc5c6ccccc6ccc5c4c3)c2c1.c1ccc(-c2c3ccccc3c(-c3ccc4oc5c6ccccc6ccc5c4c3)c3cc(-c4ccc5ccccc5c4)ccc23)cc1.c1ccc(-c2ccc3c(-c4ccc5oc6c7ccccc7ccc6c5c4)c4ccccc4c(-c4ccccc4)c3c2)cc1. The predicted molar refractivity (Wildman–Crippen MR) is 558 cm³/mol. The molecule has 27 aromatic rings. The molecule has 0 aliphatic carbocycles. The van der Waals surface area contributed by atoms with Crippen LogP contribution in [0.15, 0.2) is 468 Å². The van der Waals surface area contributed by atoms with E-state index < -0.39 is 0 Å². The van der Waals surface area contributed by atoms with Crippen molar-refractivity contribution in [2.24, 2.45) is 0 Å². The second-order valence-electron chi connectivity index (χ2n) is 35.9. The van der Waals surface area contributed by atoms with Crippen LogP contribution in [0.4, 0.5) is 0 Å². The van der Waals surface area contributed by atoms with Crippen molar-refractivity contribution in [2.75, 3.05) is 0 Å². The Morgan fingerprint density at radius 2 is 0.374 bits per heavy atom. The summed E-state index contributed by atoms with van der Waals surface area (Å²) in [5.74, 6) is 0. The number of hydrogen-bond acceptors (Lipinski definition) is 3. The third-order valence-corrected chi connectivity index (χ3v) is 27.3. The van der Waals surface area contributed by atoms with Crippen LogP contribution in [0.1, 0.15) is 26.3 Å². The molecule has 0 radical (unpaired) electrons. The predicted octanol–water partition coefficient (Wildman–Crippen LogP) is 36.9. The Kier molecular flexibility index (Phi) is 18.2. The van der Waals surface area contributed by atoms with E-state index in [2.05, 4.69) is 476 Å². The molecule has 131 heavy (non-hydrogen) atoms. The van der Waals surface area contributed by atoms with Gasteiger partial charge < -0.3 is 13.3 Å². The lowest BCUT2D eigenvalue weighted by Crippen LogP contribution is -2.10. The van der Waals surface area contributed by atoms with E-state index in [1.807, 2.05) is 0 Å². The van der Waals surface area contributed by atoms with Crippen molar-refractivity contribution >= 4 is 174 Å². The summed E-state index contributed by atoms with van der Waals surface area (Å²) in [6.45, 7) is 6.88. The second kappa shape index (κ2) is 31.1. The largest absolute Gasteiger partial charge is 0.455 e. The van der Waals surface area contributed by atoms with Crippen molar-refractivity contribution in [3.63, 3.8) is 0 Å². The summed E-state index contributed by atoms with van der Waals surface area (Å²) < 4.78 is 19.5. The molecule has 0 spiro atoms. The van der Waals surface area contributed by atoms with E-state index in [-0.39, 0.29) is 5.41 Å². The normalized spacial score (nSPS) is 11.9. The molecule has 0 fully saturated rings. The summed E-state index contributed by atoms with van der Waals surface area (Å²) in [7, 11) is 0. The van der Waals surface area contributed by atoms with Gasteiger partial charge in [0.1, 0.15) is 33.5 Å². The molecule has 24 aromatic carbocycles. The molecule has 0 atom stereocenters. The van der Waals surface area contributed by atoms with Gasteiger partial charge in [0.15, 0.2) is 0 Å². The summed E-state index contributed by atoms with van der Waals surface area (Å²) in [6.07, 6.45) is 0. The van der Waals surface area contributed by atoms with E-state index >= 15 is 0 Å². The van der Waals surface area contributed by atoms with E-state index in [1.54, 1.807) is 0 Å². The first-order valence-corrected chi connectivity index (χ1v) is 45.3. The highest BCUT2D eigenvalue weighted by Gasteiger charge is 2.26. The van der Waals surface area contributed by atoms with Crippen LogP contribution >= 0.6 is 0 Å². The molecular formula is C128H84O3. The molecule has 0 aliphatic heterocycles. The Labute approximate surface area is 757 Å². The average Bonchev–Trinajstić information content (AvgIpc) is 1.69. The Morgan fingerprint density at radius 1 is 0.137 bits per heavy atom. The van der Waals surface area contributed by atoms with Crippen LogP contribution in [0.2, 0.25) is 0 Å². The van der Waals surface area contributed by atoms with E-state index in [4.69, 9.17) is 13.3 Å². The minimum absolute atomic E-state index is 0.0375. The molecule has 0 aliphatic rings. The van der Waals surface area contributed by atoms with Crippen LogP contribution in [-0.4, -0.2) is 0 Å². The molecule has 0 bridgehead atoms. The maximum Gasteiger partial charge on any atom is 0.143 e. The van der Waals surface area contributed by atoms with Gasteiger partial charge in [-0.2, -0.15) is 0 Å². The van der Waals surface area contributed by atoms with Gasteiger partial charge in [-0.25, -0.2) is 0 Å². The molecule has 3 heteroatoms. The smallest absolute Gasteiger partial charge is 0.143 e. The maximum atomic E-state index is 6.52. The van der Waals surface area contributed by atoms with Gasteiger partial charge in [0.25, 0.3) is 0 Å². The lowest BCUT2D eigenvalue weighted by atomic mass is 9.81. The molecule has 0 amide bonds. The first-order chi connectivity index (χ1) is 64.6. The summed E-state index contributed by atoms with van der Waals surface area (Å²) in [5.41, 5.74) is 26.7. The summed E-state index contributed by atoms with van der Waals surface area (Å²) in [4.78, 5) is 0. The number of furan rings is 3. The van der Waals surface area contributed by atoms with Crippen LogP contribution in [0.25, 0.3) is 263 Å². The molecule has 3 heterocycles. The van der Waals surface area contributed by atoms with Gasteiger partial charge >= 0.3 is 0 Å². The Hall–Kier alpha value is -16.7. The fourth-order valence-electron chi connectivity index (χ4n) is 21.0. The third-order valence-electron chi connectivity index (χ3n) is 27.3. The summed E-state index contributed by atoms with van der Waals surface area (Å²) in [6, 6.07) is 165. The zero-order chi connectivity index (χ0) is 86.9. The van der Waals surface area contributed by atoms with Gasteiger partial charge in [-0.15, -0.1) is 0 Å². The Balaban J connectivity index is 0.000000106.